The monoisotopic (exact) mass is 278 g/mol. The molecule has 1 heterocycles. The Hall–Kier alpha value is -0.556. The normalized spacial score (nSPS) is 22.1. The number of unbranched alkanes of at least 4 members (excludes halogenated alkanes) is 1. The molecule has 1 fully saturated rings. The first-order valence-corrected chi connectivity index (χ1v) is 13.1. The SMILES string of the molecule is CC(C)(C#CCCC#N)N1[Si](C)(C)CC[Si]1(C)C. The van der Waals surface area contributed by atoms with Gasteiger partial charge in [-0.25, -0.2) is 0 Å². The molecule has 100 valence electrons. The predicted octanol–water partition coefficient (Wildman–Crippen LogP) is 3.80. The number of nitrogens with zero attached hydrogens (tertiary/aromatic N) is 2. The Labute approximate surface area is 115 Å². The molecule has 1 rings (SSSR count). The molecule has 1 aliphatic heterocycles. The van der Waals surface area contributed by atoms with Gasteiger partial charge in [-0.1, -0.05) is 32.1 Å². The Kier molecular flexibility index (Phi) is 4.48. The molecule has 0 saturated carbocycles. The van der Waals surface area contributed by atoms with Gasteiger partial charge in [0.1, 0.15) is 16.5 Å². The zero-order chi connectivity index (χ0) is 14.0. The summed E-state index contributed by atoms with van der Waals surface area (Å²) in [6.45, 7) is 14.4. The van der Waals surface area contributed by atoms with Crippen LogP contribution in [0.1, 0.15) is 26.7 Å². The molecule has 0 bridgehead atoms. The van der Waals surface area contributed by atoms with Gasteiger partial charge in [-0.05, 0) is 25.9 Å². The summed E-state index contributed by atoms with van der Waals surface area (Å²) in [5.41, 5.74) is -0.0165. The molecule has 0 unspecified atom stereocenters. The molecule has 0 radical (unpaired) electrons. The molecule has 0 N–H and O–H groups in total. The van der Waals surface area contributed by atoms with Crippen LogP contribution in [0.4, 0.5) is 0 Å². The van der Waals surface area contributed by atoms with Crippen molar-refractivity contribution in [1.82, 2.24) is 4.23 Å². The van der Waals surface area contributed by atoms with Crippen LogP contribution in [0, 0.1) is 23.2 Å². The van der Waals surface area contributed by atoms with Gasteiger partial charge in [0.15, 0.2) is 0 Å². The van der Waals surface area contributed by atoms with Crippen LogP contribution < -0.4 is 0 Å². The first kappa shape index (κ1) is 15.5. The lowest BCUT2D eigenvalue weighted by Crippen LogP contribution is -2.63. The average Bonchev–Trinajstić information content (AvgIpc) is 2.43. The van der Waals surface area contributed by atoms with Crippen LogP contribution in [0.2, 0.25) is 38.3 Å². The second kappa shape index (κ2) is 5.21. The molecular formula is C14H26N2Si2. The van der Waals surface area contributed by atoms with E-state index in [0.29, 0.717) is 12.8 Å². The second-order valence-electron chi connectivity index (χ2n) is 6.98. The summed E-state index contributed by atoms with van der Waals surface area (Å²) in [5, 5.41) is 8.56. The lowest BCUT2D eigenvalue weighted by molar-refractivity contribution is 0.417. The van der Waals surface area contributed by atoms with E-state index in [9.17, 15) is 0 Å². The lowest BCUT2D eigenvalue weighted by Gasteiger charge is -2.47. The van der Waals surface area contributed by atoms with E-state index in [0.717, 1.165) is 0 Å². The molecule has 0 aliphatic carbocycles. The number of rotatable bonds is 2. The molecule has 1 aliphatic rings. The van der Waals surface area contributed by atoms with Gasteiger partial charge in [-0.3, -0.25) is 0 Å². The molecule has 18 heavy (non-hydrogen) atoms. The Morgan fingerprint density at radius 2 is 1.56 bits per heavy atom. The van der Waals surface area contributed by atoms with E-state index in [1.807, 2.05) is 0 Å². The van der Waals surface area contributed by atoms with Crippen LogP contribution in [0.3, 0.4) is 0 Å². The number of hydrogen-bond donors (Lipinski definition) is 0. The minimum atomic E-state index is -1.28. The molecule has 4 heteroatoms. The van der Waals surface area contributed by atoms with Crippen LogP contribution in [0.15, 0.2) is 0 Å². The van der Waals surface area contributed by atoms with Crippen LogP contribution >= 0.6 is 0 Å². The molecule has 0 aromatic carbocycles. The summed E-state index contributed by atoms with van der Waals surface area (Å²) < 4.78 is 2.83. The quantitative estimate of drug-likeness (QED) is 0.436. The van der Waals surface area contributed by atoms with Crippen molar-refractivity contribution < 1.29 is 0 Å². The van der Waals surface area contributed by atoms with E-state index in [2.05, 4.69) is 62.2 Å². The van der Waals surface area contributed by atoms with Crippen LogP contribution in [0.25, 0.3) is 0 Å². The fourth-order valence-electron chi connectivity index (χ4n) is 3.62. The Morgan fingerprint density at radius 3 is 2.00 bits per heavy atom. The molecule has 1 saturated heterocycles. The maximum Gasteiger partial charge on any atom is 0.116 e. The predicted molar refractivity (Wildman–Crippen MR) is 83.1 cm³/mol. The smallest absolute Gasteiger partial charge is 0.116 e. The van der Waals surface area contributed by atoms with Gasteiger partial charge in [-0.15, -0.1) is 5.92 Å². The number of hydrogen-bond acceptors (Lipinski definition) is 2. The topological polar surface area (TPSA) is 27.0 Å². The molecule has 0 atom stereocenters. The van der Waals surface area contributed by atoms with Crippen LogP contribution in [0.5, 0.6) is 0 Å². The van der Waals surface area contributed by atoms with Gasteiger partial charge in [0.2, 0.25) is 0 Å². The van der Waals surface area contributed by atoms with Crippen molar-refractivity contribution >= 4 is 16.5 Å². The highest BCUT2D eigenvalue weighted by Gasteiger charge is 2.52. The van der Waals surface area contributed by atoms with E-state index in [4.69, 9.17) is 5.26 Å². The van der Waals surface area contributed by atoms with Crippen molar-refractivity contribution in [1.29, 1.82) is 5.26 Å². The molecular weight excluding hydrogens is 252 g/mol. The molecule has 2 nitrogen and oxygen atoms in total. The highest BCUT2D eigenvalue weighted by Crippen LogP contribution is 2.41. The van der Waals surface area contributed by atoms with Crippen molar-refractivity contribution in [2.75, 3.05) is 0 Å². The maximum atomic E-state index is 8.56. The Balaban J connectivity index is 2.94. The number of nitriles is 1. The van der Waals surface area contributed by atoms with Crippen LogP contribution in [-0.2, 0) is 0 Å². The van der Waals surface area contributed by atoms with Crippen molar-refractivity contribution in [2.24, 2.45) is 0 Å². The third-order valence-corrected chi connectivity index (χ3v) is 14.5. The third kappa shape index (κ3) is 3.26. The van der Waals surface area contributed by atoms with Crippen molar-refractivity contribution in [3.05, 3.63) is 0 Å². The fraction of sp³-hybridized carbons (Fsp3) is 0.786. The minimum Gasteiger partial charge on any atom is -0.331 e. The molecule has 0 aromatic rings. The van der Waals surface area contributed by atoms with Gasteiger partial charge >= 0.3 is 0 Å². The summed E-state index contributed by atoms with van der Waals surface area (Å²) in [5.74, 6) is 6.65. The standard InChI is InChI=1S/C14H26N2Si2/c1-14(2,10-8-7-9-11-15)16-17(3,4)12-13-18(16,5)6/h7,9,12-13H2,1-6H3. The van der Waals surface area contributed by atoms with Crippen LogP contribution in [-0.4, -0.2) is 26.2 Å². The van der Waals surface area contributed by atoms with Gasteiger partial charge in [0, 0.05) is 12.8 Å². The Morgan fingerprint density at radius 1 is 1.06 bits per heavy atom. The van der Waals surface area contributed by atoms with E-state index >= 15 is 0 Å². The first-order chi connectivity index (χ1) is 8.13. The molecule has 0 amide bonds. The fourth-order valence-corrected chi connectivity index (χ4v) is 19.3. The van der Waals surface area contributed by atoms with Gasteiger partial charge < -0.3 is 4.23 Å². The summed E-state index contributed by atoms with van der Waals surface area (Å²) in [7, 11) is -2.56. The summed E-state index contributed by atoms with van der Waals surface area (Å²) in [6.07, 6.45) is 1.25. The van der Waals surface area contributed by atoms with E-state index in [1.54, 1.807) is 0 Å². The zero-order valence-corrected chi connectivity index (χ0v) is 14.7. The van der Waals surface area contributed by atoms with Crippen molar-refractivity contribution in [3.8, 4) is 17.9 Å². The molecule has 0 spiro atoms. The van der Waals surface area contributed by atoms with Crippen molar-refractivity contribution in [3.63, 3.8) is 0 Å². The highest BCUT2D eigenvalue weighted by molar-refractivity contribution is 6.95. The summed E-state index contributed by atoms with van der Waals surface area (Å²) >= 11 is 0. The zero-order valence-electron chi connectivity index (χ0n) is 12.7. The van der Waals surface area contributed by atoms with E-state index in [1.165, 1.54) is 12.1 Å². The first-order valence-electron chi connectivity index (χ1n) is 6.81. The minimum absolute atomic E-state index is 0.0165. The third-order valence-electron chi connectivity index (χ3n) is 3.87. The van der Waals surface area contributed by atoms with Crippen molar-refractivity contribution in [2.45, 2.75) is 70.5 Å². The summed E-state index contributed by atoms with van der Waals surface area (Å²) in [6, 6.07) is 4.98. The summed E-state index contributed by atoms with van der Waals surface area (Å²) in [4.78, 5) is 0. The maximum absolute atomic E-state index is 8.56. The largest absolute Gasteiger partial charge is 0.331 e. The van der Waals surface area contributed by atoms with Gasteiger partial charge in [0.05, 0.1) is 11.6 Å². The Bertz CT molecular complexity index is 392. The second-order valence-corrected chi connectivity index (χ2v) is 16.6. The lowest BCUT2D eigenvalue weighted by atomic mass is 10.1. The van der Waals surface area contributed by atoms with Gasteiger partial charge in [-0.2, -0.15) is 5.26 Å². The average molecular weight is 279 g/mol. The molecule has 0 aromatic heterocycles. The van der Waals surface area contributed by atoms with Gasteiger partial charge in [0.25, 0.3) is 0 Å². The van der Waals surface area contributed by atoms with E-state index < -0.39 is 16.5 Å². The van der Waals surface area contributed by atoms with E-state index in [-0.39, 0.29) is 5.54 Å². The highest BCUT2D eigenvalue weighted by atomic mass is 28.4.